The van der Waals surface area contributed by atoms with Gasteiger partial charge in [0.2, 0.25) is 8.32 Å². The molecule has 0 spiro atoms. The summed E-state index contributed by atoms with van der Waals surface area (Å²) in [4.78, 5) is 23.1. The number of ether oxygens (including phenoxy) is 1. The lowest BCUT2D eigenvalue weighted by Crippen LogP contribution is -2.29. The Bertz CT molecular complexity index is 400. The molecule has 0 fully saturated rings. The van der Waals surface area contributed by atoms with Crippen molar-refractivity contribution in [2.75, 3.05) is 7.11 Å². The Morgan fingerprint density at radius 2 is 1.50 bits per heavy atom. The maximum Gasteiger partial charge on any atom is 0.333 e. The van der Waals surface area contributed by atoms with Gasteiger partial charge >= 0.3 is 11.9 Å². The quantitative estimate of drug-likeness (QED) is 0.341. The van der Waals surface area contributed by atoms with Crippen molar-refractivity contribution in [2.24, 2.45) is 0 Å². The number of carbonyl (C=O) groups is 2. The van der Waals surface area contributed by atoms with Crippen molar-refractivity contribution in [3.05, 3.63) is 22.8 Å². The molecule has 0 amide bonds. The van der Waals surface area contributed by atoms with Crippen molar-refractivity contribution in [3.8, 4) is 0 Å². The number of esters is 1. The first-order valence-corrected chi connectivity index (χ1v) is 9.16. The molecular formula is C13H22O4Si. The molecule has 18 heavy (non-hydrogen) atoms. The summed E-state index contributed by atoms with van der Waals surface area (Å²) in [7, 11) is -0.569. The SMILES string of the molecule is COC(=O)C(C)=CC(C)=C(C)C(=O)O[Si](C)(C)C. The van der Waals surface area contributed by atoms with Crippen LogP contribution in [-0.4, -0.2) is 27.4 Å². The van der Waals surface area contributed by atoms with E-state index in [1.54, 1.807) is 26.8 Å². The second-order valence-electron chi connectivity index (χ2n) is 5.13. The molecule has 5 heteroatoms. The van der Waals surface area contributed by atoms with Crippen molar-refractivity contribution >= 4 is 20.3 Å². The molecule has 0 aromatic heterocycles. The van der Waals surface area contributed by atoms with Gasteiger partial charge in [0, 0.05) is 11.1 Å². The number of hydrogen-bond acceptors (Lipinski definition) is 4. The van der Waals surface area contributed by atoms with Crippen LogP contribution < -0.4 is 0 Å². The molecule has 102 valence electrons. The van der Waals surface area contributed by atoms with E-state index in [9.17, 15) is 9.59 Å². The van der Waals surface area contributed by atoms with Crippen LogP contribution in [0.25, 0.3) is 0 Å². The number of methoxy groups -OCH3 is 1. The summed E-state index contributed by atoms with van der Waals surface area (Å²) in [5.41, 5.74) is 1.68. The van der Waals surface area contributed by atoms with Crippen LogP contribution in [0.4, 0.5) is 0 Å². The lowest BCUT2D eigenvalue weighted by molar-refractivity contribution is -0.136. The van der Waals surface area contributed by atoms with Gasteiger partial charge in [-0.2, -0.15) is 0 Å². The molecule has 0 aliphatic heterocycles. The Labute approximate surface area is 110 Å². The van der Waals surface area contributed by atoms with Crippen molar-refractivity contribution in [3.63, 3.8) is 0 Å². The third-order valence-electron chi connectivity index (χ3n) is 2.24. The minimum atomic E-state index is -1.89. The highest BCUT2D eigenvalue weighted by Gasteiger charge is 2.21. The third-order valence-corrected chi connectivity index (χ3v) is 3.03. The Morgan fingerprint density at radius 3 is 1.89 bits per heavy atom. The number of hydrogen-bond donors (Lipinski definition) is 0. The number of carbonyl (C=O) groups excluding carboxylic acids is 2. The van der Waals surface area contributed by atoms with Crippen molar-refractivity contribution in [2.45, 2.75) is 40.4 Å². The molecule has 0 heterocycles. The summed E-state index contributed by atoms with van der Waals surface area (Å²) < 4.78 is 9.98. The monoisotopic (exact) mass is 270 g/mol. The van der Waals surface area contributed by atoms with Crippen molar-refractivity contribution in [1.82, 2.24) is 0 Å². The molecule has 0 aliphatic rings. The summed E-state index contributed by atoms with van der Waals surface area (Å²) in [5.74, 6) is -0.721. The maximum atomic E-state index is 11.8. The fourth-order valence-corrected chi connectivity index (χ4v) is 1.88. The average Bonchev–Trinajstić information content (AvgIpc) is 2.24. The Balaban J connectivity index is 5.03. The zero-order chi connectivity index (χ0) is 14.5. The van der Waals surface area contributed by atoms with Gasteiger partial charge in [0.25, 0.3) is 0 Å². The zero-order valence-corrected chi connectivity index (χ0v) is 13.2. The zero-order valence-electron chi connectivity index (χ0n) is 12.2. The molecular weight excluding hydrogens is 248 g/mol. The highest BCUT2D eigenvalue weighted by molar-refractivity contribution is 6.71. The molecule has 0 N–H and O–H groups in total. The second-order valence-corrected chi connectivity index (χ2v) is 9.56. The van der Waals surface area contributed by atoms with Crippen LogP contribution in [0.1, 0.15) is 20.8 Å². The highest BCUT2D eigenvalue weighted by Crippen LogP contribution is 2.13. The van der Waals surface area contributed by atoms with E-state index < -0.39 is 14.3 Å². The van der Waals surface area contributed by atoms with Gasteiger partial charge in [-0.25, -0.2) is 9.59 Å². The fraction of sp³-hybridized carbons (Fsp3) is 0.538. The van der Waals surface area contributed by atoms with E-state index in [-0.39, 0.29) is 5.97 Å². The van der Waals surface area contributed by atoms with E-state index in [1.807, 2.05) is 19.6 Å². The van der Waals surface area contributed by atoms with Gasteiger partial charge in [0.1, 0.15) is 0 Å². The van der Waals surface area contributed by atoms with Crippen LogP contribution in [0.3, 0.4) is 0 Å². The third kappa shape index (κ3) is 5.81. The lowest BCUT2D eigenvalue weighted by Gasteiger charge is -2.18. The van der Waals surface area contributed by atoms with Crippen LogP contribution in [0.2, 0.25) is 19.6 Å². The first kappa shape index (κ1) is 16.6. The molecule has 0 aliphatic carbocycles. The van der Waals surface area contributed by atoms with Gasteiger partial charge in [-0.05, 0) is 52.1 Å². The molecule has 0 bridgehead atoms. The van der Waals surface area contributed by atoms with Crippen LogP contribution >= 0.6 is 0 Å². The van der Waals surface area contributed by atoms with Gasteiger partial charge in [-0.3, -0.25) is 0 Å². The van der Waals surface area contributed by atoms with E-state index in [2.05, 4.69) is 4.74 Å². The molecule has 0 atom stereocenters. The summed E-state index contributed by atoms with van der Waals surface area (Å²) >= 11 is 0. The Hall–Kier alpha value is -1.36. The first-order valence-electron chi connectivity index (χ1n) is 5.76. The minimum absolute atomic E-state index is 0.319. The van der Waals surface area contributed by atoms with Gasteiger partial charge in [-0.15, -0.1) is 0 Å². The number of rotatable bonds is 4. The summed E-state index contributed by atoms with van der Waals surface area (Å²) in [6, 6.07) is 0. The van der Waals surface area contributed by atoms with Crippen molar-refractivity contribution < 1.29 is 18.8 Å². The molecule has 0 unspecified atom stereocenters. The van der Waals surface area contributed by atoms with Gasteiger partial charge in [-0.1, -0.05) is 0 Å². The van der Waals surface area contributed by atoms with Crippen LogP contribution in [0.15, 0.2) is 22.8 Å². The van der Waals surface area contributed by atoms with Gasteiger partial charge in [0.15, 0.2) is 0 Å². The summed E-state index contributed by atoms with van der Waals surface area (Å²) in [6.07, 6.45) is 1.63. The minimum Gasteiger partial charge on any atom is -0.517 e. The highest BCUT2D eigenvalue weighted by atomic mass is 28.4. The van der Waals surface area contributed by atoms with E-state index >= 15 is 0 Å². The molecule has 0 saturated heterocycles. The molecule has 0 aromatic carbocycles. The standard InChI is InChI=1S/C13H22O4Si/c1-9(8-10(2)12(14)16-4)11(3)13(15)17-18(5,6)7/h8H,1-7H3. The van der Waals surface area contributed by atoms with E-state index in [4.69, 9.17) is 4.43 Å². The van der Waals surface area contributed by atoms with Crippen LogP contribution in [-0.2, 0) is 18.8 Å². The molecule has 4 nitrogen and oxygen atoms in total. The van der Waals surface area contributed by atoms with Crippen LogP contribution in [0.5, 0.6) is 0 Å². The topological polar surface area (TPSA) is 52.6 Å². The molecule has 0 rings (SSSR count). The predicted octanol–water partition coefficient (Wildman–Crippen LogP) is 2.82. The van der Waals surface area contributed by atoms with Gasteiger partial charge < -0.3 is 9.16 Å². The number of allylic oxidation sites excluding steroid dienone is 2. The molecule has 0 aromatic rings. The summed E-state index contributed by atoms with van der Waals surface area (Å²) in [6.45, 7) is 11.0. The summed E-state index contributed by atoms with van der Waals surface area (Å²) in [5, 5.41) is 0. The van der Waals surface area contributed by atoms with Gasteiger partial charge in [0.05, 0.1) is 7.11 Å². The predicted molar refractivity (Wildman–Crippen MR) is 73.6 cm³/mol. The lowest BCUT2D eigenvalue weighted by atomic mass is 10.1. The van der Waals surface area contributed by atoms with Crippen molar-refractivity contribution in [1.29, 1.82) is 0 Å². The Kier molecular flexibility index (Phi) is 6.04. The normalized spacial score (nSPS) is 13.8. The second kappa shape index (κ2) is 6.54. The first-order chi connectivity index (χ1) is 8.08. The molecule has 0 saturated carbocycles. The maximum absolute atomic E-state index is 11.8. The van der Waals surface area contributed by atoms with E-state index in [0.717, 1.165) is 0 Å². The average molecular weight is 270 g/mol. The fourth-order valence-electron chi connectivity index (χ4n) is 1.17. The Morgan fingerprint density at radius 1 is 1.00 bits per heavy atom. The largest absolute Gasteiger partial charge is 0.517 e. The van der Waals surface area contributed by atoms with E-state index in [1.165, 1.54) is 7.11 Å². The molecule has 0 radical (unpaired) electrons. The smallest absolute Gasteiger partial charge is 0.333 e. The van der Waals surface area contributed by atoms with E-state index in [0.29, 0.717) is 16.7 Å². The van der Waals surface area contributed by atoms with Crippen LogP contribution in [0, 0.1) is 0 Å².